The van der Waals surface area contributed by atoms with Gasteiger partial charge in [0.2, 0.25) is 5.91 Å². The molecule has 4 heterocycles. The fraction of sp³-hybridized carbons (Fsp3) is 0.520. The number of aryl methyl sites for hydroxylation is 1. The summed E-state index contributed by atoms with van der Waals surface area (Å²) in [5.74, 6) is 2.73. The fourth-order valence-corrected chi connectivity index (χ4v) is 5.10. The quantitative estimate of drug-likeness (QED) is 0.553. The van der Waals surface area contributed by atoms with Crippen LogP contribution in [0.25, 0.3) is 11.0 Å². The van der Waals surface area contributed by atoms with Gasteiger partial charge in [-0.25, -0.2) is 9.97 Å². The standard InChI is InChI=1S/C25H33N7O2/c1-29-24-22(16-28-29)25(27-18-26-24)32-13-11-31(12-14-32)23(33)17-30-9-7-20(8-10-30)15-19-3-5-21(34-2)6-4-19/h3-6,16,18,20H,7-15,17H2,1-2H3. The van der Waals surface area contributed by atoms with Gasteiger partial charge >= 0.3 is 0 Å². The van der Waals surface area contributed by atoms with E-state index in [0.717, 1.165) is 81.1 Å². The molecule has 0 unspecified atom stereocenters. The maximum Gasteiger partial charge on any atom is 0.236 e. The molecule has 2 aromatic heterocycles. The molecule has 2 aliphatic heterocycles. The van der Waals surface area contributed by atoms with Gasteiger partial charge in [-0.15, -0.1) is 0 Å². The second kappa shape index (κ2) is 9.97. The highest BCUT2D eigenvalue weighted by atomic mass is 16.5. The maximum absolute atomic E-state index is 13.0. The van der Waals surface area contributed by atoms with Gasteiger partial charge in [-0.2, -0.15) is 5.10 Å². The molecular formula is C25H33N7O2. The number of hydrogen-bond acceptors (Lipinski definition) is 7. The summed E-state index contributed by atoms with van der Waals surface area (Å²) in [4.78, 5) is 28.4. The molecule has 1 amide bonds. The zero-order chi connectivity index (χ0) is 23.5. The first-order valence-corrected chi connectivity index (χ1v) is 12.1. The van der Waals surface area contributed by atoms with Gasteiger partial charge in [0.25, 0.3) is 0 Å². The van der Waals surface area contributed by atoms with Crippen LogP contribution in [0, 0.1) is 5.92 Å². The number of aromatic nitrogens is 4. The third-order valence-electron chi connectivity index (χ3n) is 7.19. The molecule has 0 atom stereocenters. The minimum absolute atomic E-state index is 0.238. The van der Waals surface area contributed by atoms with Crippen LogP contribution in [0.15, 0.2) is 36.8 Å². The van der Waals surface area contributed by atoms with E-state index in [1.165, 1.54) is 5.56 Å². The SMILES string of the molecule is COc1ccc(CC2CCN(CC(=O)N3CCN(c4ncnc5c4cnn5C)CC3)CC2)cc1. The average molecular weight is 464 g/mol. The Labute approximate surface area is 200 Å². The highest BCUT2D eigenvalue weighted by Gasteiger charge is 2.27. The summed E-state index contributed by atoms with van der Waals surface area (Å²) in [5.41, 5.74) is 2.19. The molecule has 0 N–H and O–H groups in total. The molecule has 34 heavy (non-hydrogen) atoms. The molecule has 9 heteroatoms. The third-order valence-corrected chi connectivity index (χ3v) is 7.19. The Morgan fingerprint density at radius 2 is 1.76 bits per heavy atom. The number of fused-ring (bicyclic) bond motifs is 1. The Kier molecular flexibility index (Phi) is 6.62. The normalized spacial score (nSPS) is 17.9. The van der Waals surface area contributed by atoms with Crippen molar-refractivity contribution in [3.63, 3.8) is 0 Å². The predicted molar refractivity (Wildman–Crippen MR) is 131 cm³/mol. The molecular weight excluding hydrogens is 430 g/mol. The summed E-state index contributed by atoms with van der Waals surface area (Å²) in [5, 5.41) is 5.27. The number of likely N-dealkylation sites (tertiary alicyclic amines) is 1. The van der Waals surface area contributed by atoms with E-state index < -0.39 is 0 Å². The molecule has 9 nitrogen and oxygen atoms in total. The van der Waals surface area contributed by atoms with Crippen molar-refractivity contribution in [1.82, 2.24) is 29.5 Å². The monoisotopic (exact) mass is 463 g/mol. The number of piperidine rings is 1. The van der Waals surface area contributed by atoms with Crippen molar-refractivity contribution in [2.45, 2.75) is 19.3 Å². The number of piperazine rings is 1. The second-order valence-corrected chi connectivity index (χ2v) is 9.34. The summed E-state index contributed by atoms with van der Waals surface area (Å²) in [6.07, 6.45) is 6.79. The lowest BCUT2D eigenvalue weighted by atomic mass is 9.90. The number of rotatable bonds is 6. The van der Waals surface area contributed by atoms with Gasteiger partial charge in [-0.1, -0.05) is 12.1 Å². The van der Waals surface area contributed by atoms with Crippen LogP contribution in [-0.2, 0) is 18.3 Å². The molecule has 5 rings (SSSR count). The van der Waals surface area contributed by atoms with Gasteiger partial charge < -0.3 is 14.5 Å². The van der Waals surface area contributed by atoms with Crippen LogP contribution in [-0.4, -0.2) is 88.4 Å². The summed E-state index contributed by atoms with van der Waals surface area (Å²) in [7, 11) is 3.58. The van der Waals surface area contributed by atoms with Gasteiger partial charge in [-0.3, -0.25) is 14.4 Å². The Balaban J connectivity index is 1.08. The van der Waals surface area contributed by atoms with Crippen LogP contribution in [0.4, 0.5) is 5.82 Å². The molecule has 0 saturated carbocycles. The molecule has 2 saturated heterocycles. The van der Waals surface area contributed by atoms with Gasteiger partial charge in [0.15, 0.2) is 5.65 Å². The van der Waals surface area contributed by atoms with Gasteiger partial charge in [0.1, 0.15) is 17.9 Å². The molecule has 3 aromatic rings. The molecule has 2 aliphatic rings. The lowest BCUT2D eigenvalue weighted by Gasteiger charge is -2.37. The topological polar surface area (TPSA) is 79.6 Å². The van der Waals surface area contributed by atoms with Gasteiger partial charge in [0.05, 0.1) is 25.2 Å². The molecule has 0 spiro atoms. The second-order valence-electron chi connectivity index (χ2n) is 9.34. The minimum Gasteiger partial charge on any atom is -0.497 e. The first kappa shape index (κ1) is 22.6. The number of carbonyl (C=O) groups is 1. The minimum atomic E-state index is 0.238. The largest absolute Gasteiger partial charge is 0.497 e. The van der Waals surface area contributed by atoms with Crippen molar-refractivity contribution in [3.05, 3.63) is 42.4 Å². The lowest BCUT2D eigenvalue weighted by Crippen LogP contribution is -2.52. The van der Waals surface area contributed by atoms with Crippen LogP contribution < -0.4 is 9.64 Å². The summed E-state index contributed by atoms with van der Waals surface area (Å²) in [6.45, 7) is 5.50. The zero-order valence-electron chi connectivity index (χ0n) is 20.1. The molecule has 2 fully saturated rings. The fourth-order valence-electron chi connectivity index (χ4n) is 5.10. The van der Waals surface area contributed by atoms with Crippen LogP contribution in [0.3, 0.4) is 0 Å². The van der Waals surface area contributed by atoms with Crippen LogP contribution >= 0.6 is 0 Å². The molecule has 180 valence electrons. The van der Waals surface area contributed by atoms with E-state index in [1.54, 1.807) is 18.1 Å². The highest BCUT2D eigenvalue weighted by molar-refractivity contribution is 5.87. The van der Waals surface area contributed by atoms with E-state index in [-0.39, 0.29) is 5.91 Å². The van der Waals surface area contributed by atoms with Gasteiger partial charge in [-0.05, 0) is 56.0 Å². The van der Waals surface area contributed by atoms with Crippen molar-refractivity contribution >= 4 is 22.8 Å². The van der Waals surface area contributed by atoms with E-state index in [0.29, 0.717) is 12.5 Å². The number of carbonyl (C=O) groups excluding carboxylic acids is 1. The number of methoxy groups -OCH3 is 1. The van der Waals surface area contributed by atoms with E-state index in [1.807, 2.05) is 30.3 Å². The Hall–Kier alpha value is -3.20. The third kappa shape index (κ3) is 4.84. The summed E-state index contributed by atoms with van der Waals surface area (Å²) < 4.78 is 7.02. The number of anilines is 1. The molecule has 0 radical (unpaired) electrons. The van der Waals surface area contributed by atoms with E-state index in [4.69, 9.17) is 4.74 Å². The Morgan fingerprint density at radius 1 is 1.03 bits per heavy atom. The van der Waals surface area contributed by atoms with E-state index in [2.05, 4.69) is 37.0 Å². The van der Waals surface area contributed by atoms with Gasteiger partial charge in [0, 0.05) is 33.2 Å². The number of ether oxygens (including phenoxy) is 1. The lowest BCUT2D eigenvalue weighted by molar-refractivity contribution is -0.133. The predicted octanol–water partition coefficient (Wildman–Crippen LogP) is 1.98. The van der Waals surface area contributed by atoms with E-state index in [9.17, 15) is 4.79 Å². The van der Waals surface area contributed by atoms with Crippen molar-refractivity contribution in [2.24, 2.45) is 13.0 Å². The number of benzene rings is 1. The summed E-state index contributed by atoms with van der Waals surface area (Å²) in [6, 6.07) is 8.39. The Bertz CT molecular complexity index is 1110. The highest BCUT2D eigenvalue weighted by Crippen LogP contribution is 2.25. The number of amides is 1. The summed E-state index contributed by atoms with van der Waals surface area (Å²) >= 11 is 0. The first-order chi connectivity index (χ1) is 16.6. The zero-order valence-corrected chi connectivity index (χ0v) is 20.1. The molecule has 0 aliphatic carbocycles. The number of nitrogens with zero attached hydrogens (tertiary/aromatic N) is 7. The van der Waals surface area contributed by atoms with Crippen LogP contribution in [0.2, 0.25) is 0 Å². The van der Waals surface area contributed by atoms with Crippen molar-refractivity contribution < 1.29 is 9.53 Å². The smallest absolute Gasteiger partial charge is 0.236 e. The van der Waals surface area contributed by atoms with Crippen molar-refractivity contribution in [1.29, 1.82) is 0 Å². The van der Waals surface area contributed by atoms with E-state index >= 15 is 0 Å². The van der Waals surface area contributed by atoms with Crippen molar-refractivity contribution in [2.75, 3.05) is 57.8 Å². The maximum atomic E-state index is 13.0. The number of hydrogen-bond donors (Lipinski definition) is 0. The molecule has 0 bridgehead atoms. The Morgan fingerprint density at radius 3 is 2.47 bits per heavy atom. The first-order valence-electron chi connectivity index (χ1n) is 12.1. The molecule has 1 aromatic carbocycles. The van der Waals surface area contributed by atoms with Crippen LogP contribution in [0.1, 0.15) is 18.4 Å². The van der Waals surface area contributed by atoms with Crippen molar-refractivity contribution in [3.8, 4) is 5.75 Å². The van der Waals surface area contributed by atoms with Crippen LogP contribution in [0.5, 0.6) is 5.75 Å². The average Bonchev–Trinajstić information content (AvgIpc) is 3.26.